The van der Waals surface area contributed by atoms with Gasteiger partial charge in [-0.3, -0.25) is 19.7 Å². The third-order valence-electron chi connectivity index (χ3n) is 2.20. The number of nitrogens with one attached hydrogen (secondary N) is 2. The van der Waals surface area contributed by atoms with Gasteiger partial charge in [-0.1, -0.05) is 0 Å². The van der Waals surface area contributed by atoms with E-state index in [1.54, 1.807) is 0 Å². The minimum absolute atomic E-state index is 0.0694. The molecule has 0 aliphatic carbocycles. The van der Waals surface area contributed by atoms with Crippen molar-refractivity contribution >= 4 is 23.2 Å². The highest BCUT2D eigenvalue weighted by atomic mass is 16.6. The lowest BCUT2D eigenvalue weighted by molar-refractivity contribution is -0.383. The summed E-state index contributed by atoms with van der Waals surface area (Å²) in [6.07, 6.45) is 0. The maximum absolute atomic E-state index is 11.0. The molecular weight excluding hydrogens is 240 g/mol. The number of carbonyl (C=O) groups excluding carboxylic acids is 2. The van der Waals surface area contributed by atoms with Gasteiger partial charge in [0.25, 0.3) is 5.69 Å². The van der Waals surface area contributed by atoms with E-state index in [1.165, 1.54) is 19.2 Å². The maximum Gasteiger partial charge on any atom is 0.292 e. The number of nitro benzene ring substituents is 1. The lowest BCUT2D eigenvalue weighted by atomic mass is 10.1. The van der Waals surface area contributed by atoms with Crippen LogP contribution in [0.5, 0.6) is 0 Å². The van der Waals surface area contributed by atoms with Gasteiger partial charge >= 0.3 is 0 Å². The largest absolute Gasteiger partial charge is 0.371 e. The number of nitrogens with zero attached hydrogens (tertiary/aromatic N) is 1. The average Bonchev–Trinajstić information content (AvgIpc) is 2.35. The molecule has 18 heavy (non-hydrogen) atoms. The number of carbonyl (C=O) groups is 2. The fraction of sp³-hybridized carbons (Fsp3) is 0.200. The van der Waals surface area contributed by atoms with Crippen LogP contribution in [0.3, 0.4) is 0 Å². The summed E-state index contributed by atoms with van der Waals surface area (Å²) >= 11 is 0. The van der Waals surface area contributed by atoms with Gasteiger partial charge < -0.3 is 16.4 Å². The van der Waals surface area contributed by atoms with E-state index in [0.717, 1.165) is 6.07 Å². The molecule has 0 saturated carbocycles. The second kappa shape index (κ2) is 5.62. The average molecular weight is 252 g/mol. The number of likely N-dealkylation sites (N-methyl/N-ethyl adjacent to an activating group) is 1. The number of hydrogen-bond donors (Lipinski definition) is 3. The molecule has 0 atom stereocenters. The Labute approximate surface area is 102 Å². The van der Waals surface area contributed by atoms with Crippen molar-refractivity contribution in [1.29, 1.82) is 0 Å². The van der Waals surface area contributed by atoms with Gasteiger partial charge in [-0.05, 0) is 12.1 Å². The molecule has 2 amide bonds. The first kappa shape index (κ1) is 13.4. The van der Waals surface area contributed by atoms with Crippen molar-refractivity contribution in [2.75, 3.05) is 18.9 Å². The second-order valence-corrected chi connectivity index (χ2v) is 3.38. The Bertz CT molecular complexity index is 501. The molecule has 0 unspecified atom stereocenters. The molecule has 1 rings (SSSR count). The van der Waals surface area contributed by atoms with Crippen LogP contribution >= 0.6 is 0 Å². The predicted octanol–water partition coefficient (Wildman–Crippen LogP) is -0.148. The van der Waals surface area contributed by atoms with Gasteiger partial charge in [0, 0.05) is 18.7 Å². The molecule has 0 aliphatic heterocycles. The van der Waals surface area contributed by atoms with E-state index in [1.807, 2.05) is 0 Å². The van der Waals surface area contributed by atoms with Crippen molar-refractivity contribution < 1.29 is 14.5 Å². The molecule has 0 bridgehead atoms. The van der Waals surface area contributed by atoms with E-state index >= 15 is 0 Å². The summed E-state index contributed by atoms with van der Waals surface area (Å²) in [5.41, 5.74) is 5.04. The quantitative estimate of drug-likeness (QED) is 0.496. The number of hydrogen-bond acceptors (Lipinski definition) is 5. The molecule has 0 spiro atoms. The number of nitrogens with two attached hydrogens (primary N) is 1. The summed E-state index contributed by atoms with van der Waals surface area (Å²) < 4.78 is 0. The molecule has 0 saturated heterocycles. The fourth-order valence-corrected chi connectivity index (χ4v) is 1.25. The van der Waals surface area contributed by atoms with E-state index in [0.29, 0.717) is 0 Å². The number of amides is 2. The van der Waals surface area contributed by atoms with Crippen molar-refractivity contribution in [3.05, 3.63) is 33.9 Å². The molecule has 8 heteroatoms. The van der Waals surface area contributed by atoms with Crippen LogP contribution in [0.4, 0.5) is 11.4 Å². The van der Waals surface area contributed by atoms with Crippen molar-refractivity contribution in [1.82, 2.24) is 5.32 Å². The van der Waals surface area contributed by atoms with Crippen LogP contribution in [0.15, 0.2) is 18.2 Å². The number of nitro groups is 1. The third-order valence-corrected chi connectivity index (χ3v) is 2.20. The monoisotopic (exact) mass is 252 g/mol. The first-order valence-electron chi connectivity index (χ1n) is 4.98. The highest BCUT2D eigenvalue weighted by Crippen LogP contribution is 2.25. The first-order chi connectivity index (χ1) is 8.45. The van der Waals surface area contributed by atoms with Crippen molar-refractivity contribution in [2.24, 2.45) is 5.73 Å². The number of anilines is 1. The Morgan fingerprint density at radius 1 is 1.44 bits per heavy atom. The van der Waals surface area contributed by atoms with Crippen LogP contribution in [-0.2, 0) is 4.79 Å². The maximum atomic E-state index is 11.0. The van der Waals surface area contributed by atoms with Gasteiger partial charge in [0.2, 0.25) is 11.8 Å². The van der Waals surface area contributed by atoms with Gasteiger partial charge in [0.15, 0.2) is 0 Å². The van der Waals surface area contributed by atoms with Gasteiger partial charge in [-0.2, -0.15) is 0 Å². The van der Waals surface area contributed by atoms with Crippen LogP contribution < -0.4 is 16.4 Å². The Balaban J connectivity index is 3.03. The van der Waals surface area contributed by atoms with Gasteiger partial charge in [-0.15, -0.1) is 0 Å². The lowest BCUT2D eigenvalue weighted by Crippen LogP contribution is -2.26. The first-order valence-corrected chi connectivity index (χ1v) is 4.98. The molecule has 96 valence electrons. The number of primary amides is 1. The topological polar surface area (TPSA) is 127 Å². The van der Waals surface area contributed by atoms with E-state index in [4.69, 9.17) is 5.73 Å². The van der Waals surface area contributed by atoms with Gasteiger partial charge in [-0.25, -0.2) is 0 Å². The van der Waals surface area contributed by atoms with Crippen LogP contribution in [0, 0.1) is 10.1 Å². The highest BCUT2D eigenvalue weighted by Gasteiger charge is 2.16. The summed E-state index contributed by atoms with van der Waals surface area (Å²) in [5.74, 6) is -1.04. The second-order valence-electron chi connectivity index (χ2n) is 3.38. The summed E-state index contributed by atoms with van der Waals surface area (Å²) in [4.78, 5) is 32.2. The molecular formula is C10H12N4O4. The molecule has 1 aromatic carbocycles. The SMILES string of the molecule is CNC(=O)CNc1cc(C(N)=O)ccc1[N+](=O)[O-]. The number of benzene rings is 1. The molecule has 0 aliphatic rings. The molecule has 0 radical (unpaired) electrons. The van der Waals surface area contributed by atoms with Crippen LogP contribution in [-0.4, -0.2) is 30.3 Å². The zero-order chi connectivity index (χ0) is 13.7. The molecule has 8 nitrogen and oxygen atoms in total. The summed E-state index contributed by atoms with van der Waals surface area (Å²) in [6.45, 7) is -0.139. The molecule has 1 aromatic rings. The number of rotatable bonds is 5. The van der Waals surface area contributed by atoms with Crippen molar-refractivity contribution in [3.8, 4) is 0 Å². The Morgan fingerprint density at radius 3 is 2.61 bits per heavy atom. The fourth-order valence-electron chi connectivity index (χ4n) is 1.25. The van der Waals surface area contributed by atoms with E-state index in [-0.39, 0.29) is 29.4 Å². The van der Waals surface area contributed by atoms with Crippen molar-refractivity contribution in [3.63, 3.8) is 0 Å². The Hall–Kier alpha value is -2.64. The van der Waals surface area contributed by atoms with Gasteiger partial charge in [0.1, 0.15) is 5.69 Å². The smallest absolute Gasteiger partial charge is 0.292 e. The standard InChI is InChI=1S/C10H12N4O4/c1-12-9(15)5-13-7-4-6(10(11)16)2-3-8(7)14(17)18/h2-4,13H,5H2,1H3,(H2,11,16)(H,12,15). The normalized spacial score (nSPS) is 9.61. The van der Waals surface area contributed by atoms with Crippen molar-refractivity contribution in [2.45, 2.75) is 0 Å². The minimum Gasteiger partial charge on any atom is -0.371 e. The zero-order valence-corrected chi connectivity index (χ0v) is 9.60. The van der Waals surface area contributed by atoms with Crippen LogP contribution in [0.1, 0.15) is 10.4 Å². The third kappa shape index (κ3) is 3.17. The summed E-state index contributed by atoms with van der Waals surface area (Å²) in [5, 5.41) is 15.7. The molecule has 4 N–H and O–H groups in total. The predicted molar refractivity (Wildman–Crippen MR) is 64.2 cm³/mol. The van der Waals surface area contributed by atoms with E-state index < -0.39 is 10.8 Å². The minimum atomic E-state index is -0.701. The van der Waals surface area contributed by atoms with Crippen LogP contribution in [0.2, 0.25) is 0 Å². The Kier molecular flexibility index (Phi) is 4.19. The molecule has 0 heterocycles. The zero-order valence-electron chi connectivity index (χ0n) is 9.60. The van der Waals surface area contributed by atoms with Gasteiger partial charge in [0.05, 0.1) is 11.5 Å². The highest BCUT2D eigenvalue weighted by molar-refractivity contribution is 5.94. The summed E-state index contributed by atoms with van der Waals surface area (Å²) in [7, 11) is 1.44. The van der Waals surface area contributed by atoms with E-state index in [9.17, 15) is 19.7 Å². The lowest BCUT2D eigenvalue weighted by Gasteiger charge is -2.07. The van der Waals surface area contributed by atoms with Crippen LogP contribution in [0.25, 0.3) is 0 Å². The molecule has 0 aromatic heterocycles. The van der Waals surface area contributed by atoms with E-state index in [2.05, 4.69) is 10.6 Å². The summed E-state index contributed by atoms with van der Waals surface area (Å²) in [6, 6.07) is 3.65. The Morgan fingerprint density at radius 2 is 2.11 bits per heavy atom. The molecule has 0 fully saturated rings.